The molecule has 0 aliphatic heterocycles. The van der Waals surface area contributed by atoms with Crippen molar-refractivity contribution in [3.8, 4) is 5.75 Å². The molecule has 1 atom stereocenters. The third-order valence-corrected chi connectivity index (χ3v) is 2.51. The first-order valence-electron chi connectivity index (χ1n) is 5.90. The first-order valence-corrected chi connectivity index (χ1v) is 5.90. The summed E-state index contributed by atoms with van der Waals surface area (Å²) in [5.41, 5.74) is 0.612. The molecular weight excluding hydrogens is 245 g/mol. The quantitative estimate of drug-likeness (QED) is 0.843. The monoisotopic (exact) mass is 262 g/mol. The Bertz CT molecular complexity index is 346. The molecule has 0 amide bonds. The van der Waals surface area contributed by atoms with Gasteiger partial charge in [0, 0.05) is 6.42 Å². The summed E-state index contributed by atoms with van der Waals surface area (Å²) in [5.74, 6) is 0.684. The summed E-state index contributed by atoms with van der Waals surface area (Å²) >= 11 is 0. The molecular formula is C13H17F3O2. The van der Waals surface area contributed by atoms with Gasteiger partial charge in [0.1, 0.15) is 5.75 Å². The maximum Gasteiger partial charge on any atom is 0.389 e. The number of benzene rings is 1. The number of ether oxygens (including phenoxy) is 1. The lowest BCUT2D eigenvalue weighted by Crippen LogP contribution is -2.08. The van der Waals surface area contributed by atoms with Gasteiger partial charge in [-0.15, -0.1) is 0 Å². The van der Waals surface area contributed by atoms with E-state index in [-0.39, 0.29) is 12.8 Å². The van der Waals surface area contributed by atoms with Crippen molar-refractivity contribution in [3.05, 3.63) is 29.8 Å². The number of alkyl halides is 3. The van der Waals surface area contributed by atoms with E-state index >= 15 is 0 Å². The van der Waals surface area contributed by atoms with E-state index in [0.29, 0.717) is 17.9 Å². The van der Waals surface area contributed by atoms with Crippen LogP contribution >= 0.6 is 0 Å². The predicted molar refractivity (Wildman–Crippen MR) is 62.5 cm³/mol. The fourth-order valence-corrected chi connectivity index (χ4v) is 1.62. The van der Waals surface area contributed by atoms with Gasteiger partial charge in [0.15, 0.2) is 0 Å². The van der Waals surface area contributed by atoms with E-state index in [1.807, 2.05) is 6.92 Å². The standard InChI is InChI=1S/C13H17F3O2/c1-2-18-11-7-5-10(6-8-11)12(17)4-3-9-13(14,15)16/h5-8,12,17H,2-4,9H2,1H3. The molecule has 2 nitrogen and oxygen atoms in total. The molecule has 1 aromatic carbocycles. The van der Waals surface area contributed by atoms with Crippen LogP contribution in [0.5, 0.6) is 5.75 Å². The summed E-state index contributed by atoms with van der Waals surface area (Å²) in [7, 11) is 0. The summed E-state index contributed by atoms with van der Waals surface area (Å²) in [6, 6.07) is 6.74. The summed E-state index contributed by atoms with van der Waals surface area (Å²) in [6.07, 6.45) is -5.84. The van der Waals surface area contributed by atoms with Crippen molar-refractivity contribution in [1.29, 1.82) is 0 Å². The van der Waals surface area contributed by atoms with E-state index in [1.54, 1.807) is 24.3 Å². The minimum Gasteiger partial charge on any atom is -0.494 e. The molecule has 1 rings (SSSR count). The van der Waals surface area contributed by atoms with Crippen molar-refractivity contribution in [3.63, 3.8) is 0 Å². The van der Waals surface area contributed by atoms with Crippen molar-refractivity contribution in [1.82, 2.24) is 0 Å². The van der Waals surface area contributed by atoms with Crippen LogP contribution < -0.4 is 4.74 Å². The molecule has 102 valence electrons. The highest BCUT2D eigenvalue weighted by molar-refractivity contribution is 5.28. The van der Waals surface area contributed by atoms with E-state index in [4.69, 9.17) is 4.74 Å². The zero-order valence-electron chi connectivity index (χ0n) is 10.2. The van der Waals surface area contributed by atoms with Gasteiger partial charge >= 0.3 is 6.18 Å². The molecule has 0 bridgehead atoms. The molecule has 5 heteroatoms. The second-order valence-electron chi connectivity index (χ2n) is 4.03. The fourth-order valence-electron chi connectivity index (χ4n) is 1.62. The molecule has 1 N–H and O–H groups in total. The molecule has 0 aliphatic carbocycles. The van der Waals surface area contributed by atoms with Crippen LogP contribution in [0.25, 0.3) is 0 Å². The van der Waals surface area contributed by atoms with Crippen LogP contribution in [0.4, 0.5) is 13.2 Å². The Hall–Kier alpha value is -1.23. The first kappa shape index (κ1) is 14.8. The molecule has 0 fully saturated rings. The lowest BCUT2D eigenvalue weighted by Gasteiger charge is -2.12. The Labute approximate surface area is 104 Å². The Morgan fingerprint density at radius 2 is 1.83 bits per heavy atom. The fraction of sp³-hybridized carbons (Fsp3) is 0.538. The minimum atomic E-state index is -4.15. The van der Waals surface area contributed by atoms with Gasteiger partial charge in [-0.1, -0.05) is 12.1 Å². The highest BCUT2D eigenvalue weighted by atomic mass is 19.4. The smallest absolute Gasteiger partial charge is 0.389 e. The number of halogens is 3. The minimum absolute atomic E-state index is 0.0715. The van der Waals surface area contributed by atoms with E-state index in [0.717, 1.165) is 0 Å². The molecule has 0 saturated heterocycles. The van der Waals surface area contributed by atoms with Crippen molar-refractivity contribution < 1.29 is 23.0 Å². The van der Waals surface area contributed by atoms with Gasteiger partial charge < -0.3 is 9.84 Å². The summed E-state index contributed by atoms with van der Waals surface area (Å²) in [5, 5.41) is 9.73. The van der Waals surface area contributed by atoms with Gasteiger partial charge in [0.25, 0.3) is 0 Å². The van der Waals surface area contributed by atoms with E-state index in [9.17, 15) is 18.3 Å². The van der Waals surface area contributed by atoms with Crippen molar-refractivity contribution in [2.24, 2.45) is 0 Å². The van der Waals surface area contributed by atoms with Gasteiger partial charge in [0.05, 0.1) is 12.7 Å². The Balaban J connectivity index is 2.43. The van der Waals surface area contributed by atoms with Gasteiger partial charge in [0.2, 0.25) is 0 Å². The SMILES string of the molecule is CCOc1ccc(C(O)CCCC(F)(F)F)cc1. The summed E-state index contributed by atoms with van der Waals surface area (Å²) in [6.45, 7) is 2.41. The van der Waals surface area contributed by atoms with Crippen LogP contribution in [-0.4, -0.2) is 17.9 Å². The summed E-state index contributed by atoms with van der Waals surface area (Å²) in [4.78, 5) is 0. The van der Waals surface area contributed by atoms with Gasteiger partial charge in [-0.05, 0) is 37.5 Å². The topological polar surface area (TPSA) is 29.5 Å². The van der Waals surface area contributed by atoms with Crippen molar-refractivity contribution in [2.45, 2.75) is 38.5 Å². The van der Waals surface area contributed by atoms with Crippen LogP contribution in [0.3, 0.4) is 0 Å². The lowest BCUT2D eigenvalue weighted by atomic mass is 10.0. The maximum absolute atomic E-state index is 11.9. The van der Waals surface area contributed by atoms with Gasteiger partial charge in [-0.25, -0.2) is 0 Å². The third-order valence-electron chi connectivity index (χ3n) is 2.51. The molecule has 0 heterocycles. The van der Waals surface area contributed by atoms with E-state index in [1.165, 1.54) is 0 Å². The highest BCUT2D eigenvalue weighted by Crippen LogP contribution is 2.27. The Morgan fingerprint density at radius 3 is 2.33 bits per heavy atom. The largest absolute Gasteiger partial charge is 0.494 e. The second kappa shape index (κ2) is 6.64. The van der Waals surface area contributed by atoms with Crippen molar-refractivity contribution in [2.75, 3.05) is 6.61 Å². The van der Waals surface area contributed by atoms with Gasteiger partial charge in [-0.2, -0.15) is 13.2 Å². The molecule has 18 heavy (non-hydrogen) atoms. The number of aliphatic hydroxyl groups excluding tert-OH is 1. The number of hydrogen-bond donors (Lipinski definition) is 1. The lowest BCUT2D eigenvalue weighted by molar-refractivity contribution is -0.136. The van der Waals surface area contributed by atoms with Crippen LogP contribution in [0, 0.1) is 0 Å². The predicted octanol–water partition coefficient (Wildman–Crippen LogP) is 3.85. The average molecular weight is 262 g/mol. The molecule has 0 aliphatic rings. The average Bonchev–Trinajstić information content (AvgIpc) is 2.28. The van der Waals surface area contributed by atoms with Crippen molar-refractivity contribution >= 4 is 0 Å². The molecule has 0 spiro atoms. The Kier molecular flexibility index (Phi) is 5.47. The second-order valence-corrected chi connectivity index (χ2v) is 4.03. The van der Waals surface area contributed by atoms with Crippen LogP contribution in [-0.2, 0) is 0 Å². The number of rotatable bonds is 6. The molecule has 0 saturated carbocycles. The Morgan fingerprint density at radius 1 is 1.22 bits per heavy atom. The molecule has 1 aromatic rings. The highest BCUT2D eigenvalue weighted by Gasteiger charge is 2.26. The van der Waals surface area contributed by atoms with E-state index < -0.39 is 18.7 Å². The zero-order chi connectivity index (χ0) is 13.6. The first-order chi connectivity index (χ1) is 8.42. The normalized spacial score (nSPS) is 13.4. The molecule has 0 aromatic heterocycles. The van der Waals surface area contributed by atoms with Gasteiger partial charge in [-0.3, -0.25) is 0 Å². The number of hydrogen-bond acceptors (Lipinski definition) is 2. The van der Waals surface area contributed by atoms with E-state index in [2.05, 4.69) is 0 Å². The summed E-state index contributed by atoms with van der Waals surface area (Å²) < 4.78 is 41.1. The zero-order valence-corrected chi connectivity index (χ0v) is 10.2. The van der Waals surface area contributed by atoms with Crippen LogP contribution in [0.2, 0.25) is 0 Å². The van der Waals surface area contributed by atoms with Crippen LogP contribution in [0.1, 0.15) is 37.9 Å². The third kappa shape index (κ3) is 5.40. The molecule has 1 unspecified atom stereocenters. The molecule has 0 radical (unpaired) electrons. The maximum atomic E-state index is 11.9. The number of aliphatic hydroxyl groups is 1. The van der Waals surface area contributed by atoms with Crippen LogP contribution in [0.15, 0.2) is 24.3 Å².